The fourth-order valence-corrected chi connectivity index (χ4v) is 2.36. The van der Waals surface area contributed by atoms with Gasteiger partial charge in [-0.2, -0.15) is 0 Å². The number of piperidine rings is 1. The highest BCUT2D eigenvalue weighted by Crippen LogP contribution is 2.16. The van der Waals surface area contributed by atoms with Crippen LogP contribution in [-0.4, -0.2) is 37.0 Å². The number of nitrogens with one attached hydrogen (secondary N) is 1. The summed E-state index contributed by atoms with van der Waals surface area (Å²) in [5.41, 5.74) is 1.09. The first-order chi connectivity index (χ1) is 8.61. The van der Waals surface area contributed by atoms with E-state index in [-0.39, 0.29) is 11.7 Å². The lowest BCUT2D eigenvalue weighted by atomic mass is 10.0. The summed E-state index contributed by atoms with van der Waals surface area (Å²) in [4.78, 5) is 14.1. The zero-order chi connectivity index (χ0) is 13.1. The lowest BCUT2D eigenvalue weighted by Crippen LogP contribution is -2.46. The highest BCUT2D eigenvalue weighted by molar-refractivity contribution is 5.94. The molecule has 1 heterocycles. The van der Waals surface area contributed by atoms with E-state index in [9.17, 15) is 9.18 Å². The average molecular weight is 250 g/mol. The third-order valence-corrected chi connectivity index (χ3v) is 3.52. The monoisotopic (exact) mass is 250 g/mol. The Labute approximate surface area is 107 Å². The molecule has 1 amide bonds. The van der Waals surface area contributed by atoms with Crippen molar-refractivity contribution in [3.8, 4) is 0 Å². The number of amides is 1. The fraction of sp³-hybridized carbons (Fsp3) is 0.500. The molecule has 1 atom stereocenters. The largest absolute Gasteiger partial charge is 0.337 e. The first-order valence-electron chi connectivity index (χ1n) is 6.34. The van der Waals surface area contributed by atoms with Gasteiger partial charge < -0.3 is 10.2 Å². The van der Waals surface area contributed by atoms with Gasteiger partial charge in [-0.05, 0) is 50.6 Å². The van der Waals surface area contributed by atoms with E-state index in [1.165, 1.54) is 6.07 Å². The van der Waals surface area contributed by atoms with Gasteiger partial charge in [-0.1, -0.05) is 0 Å². The maximum atomic E-state index is 13.2. The van der Waals surface area contributed by atoms with Gasteiger partial charge in [-0.3, -0.25) is 4.79 Å². The van der Waals surface area contributed by atoms with E-state index in [0.717, 1.165) is 25.9 Å². The minimum Gasteiger partial charge on any atom is -0.337 e. The van der Waals surface area contributed by atoms with Crippen molar-refractivity contribution in [3.05, 3.63) is 35.1 Å². The van der Waals surface area contributed by atoms with Crippen LogP contribution in [0.4, 0.5) is 4.39 Å². The zero-order valence-electron chi connectivity index (χ0n) is 10.9. The second-order valence-corrected chi connectivity index (χ2v) is 4.84. The number of halogens is 1. The molecule has 0 spiro atoms. The van der Waals surface area contributed by atoms with Gasteiger partial charge in [-0.15, -0.1) is 0 Å². The van der Waals surface area contributed by atoms with Gasteiger partial charge in [0.15, 0.2) is 0 Å². The molecule has 1 saturated heterocycles. The minimum atomic E-state index is -0.265. The number of hydrogen-bond donors (Lipinski definition) is 1. The Kier molecular flexibility index (Phi) is 3.97. The lowest BCUT2D eigenvalue weighted by molar-refractivity contribution is 0.0698. The summed E-state index contributed by atoms with van der Waals surface area (Å²) in [5, 5.41) is 3.21. The topological polar surface area (TPSA) is 32.3 Å². The Morgan fingerprint density at radius 3 is 2.94 bits per heavy atom. The molecule has 0 bridgehead atoms. The van der Waals surface area contributed by atoms with Crippen molar-refractivity contribution in [1.29, 1.82) is 0 Å². The predicted octanol–water partition coefficient (Wildman–Crippen LogP) is 1.96. The van der Waals surface area contributed by atoms with Crippen LogP contribution in [0.25, 0.3) is 0 Å². The Balaban J connectivity index is 2.12. The number of rotatable bonds is 2. The molecule has 1 aromatic rings. The molecule has 1 aliphatic rings. The van der Waals surface area contributed by atoms with Gasteiger partial charge in [0.25, 0.3) is 5.91 Å². The molecule has 1 fully saturated rings. The van der Waals surface area contributed by atoms with Crippen molar-refractivity contribution >= 4 is 5.91 Å². The Morgan fingerprint density at radius 1 is 1.50 bits per heavy atom. The van der Waals surface area contributed by atoms with Crippen LogP contribution in [0.2, 0.25) is 0 Å². The van der Waals surface area contributed by atoms with Crippen LogP contribution in [0.1, 0.15) is 28.8 Å². The van der Waals surface area contributed by atoms with Crippen molar-refractivity contribution in [2.45, 2.75) is 25.8 Å². The van der Waals surface area contributed by atoms with Gasteiger partial charge in [0.1, 0.15) is 5.82 Å². The Bertz CT molecular complexity index is 447. The zero-order valence-corrected chi connectivity index (χ0v) is 10.9. The summed E-state index contributed by atoms with van der Waals surface area (Å²) in [7, 11) is 1.92. The Hall–Kier alpha value is -1.42. The second kappa shape index (κ2) is 5.48. The highest BCUT2D eigenvalue weighted by Gasteiger charge is 2.23. The van der Waals surface area contributed by atoms with E-state index < -0.39 is 0 Å². The maximum Gasteiger partial charge on any atom is 0.253 e. The van der Waals surface area contributed by atoms with Gasteiger partial charge in [0.2, 0.25) is 0 Å². The van der Waals surface area contributed by atoms with Crippen molar-refractivity contribution < 1.29 is 9.18 Å². The van der Waals surface area contributed by atoms with Crippen LogP contribution in [0.3, 0.4) is 0 Å². The van der Waals surface area contributed by atoms with Gasteiger partial charge in [0, 0.05) is 24.7 Å². The minimum absolute atomic E-state index is 0.00181. The molecule has 98 valence electrons. The van der Waals surface area contributed by atoms with E-state index in [1.807, 2.05) is 11.9 Å². The van der Waals surface area contributed by atoms with Crippen molar-refractivity contribution in [2.24, 2.45) is 0 Å². The summed E-state index contributed by atoms with van der Waals surface area (Å²) in [5.74, 6) is -0.267. The number of carbonyl (C=O) groups excluding carboxylic acids is 1. The van der Waals surface area contributed by atoms with E-state index in [0.29, 0.717) is 17.2 Å². The SMILES string of the molecule is CN[C@H]1CCCN(C(=O)c2ccc(F)c(C)c2)C1. The summed E-state index contributed by atoms with van der Waals surface area (Å²) in [6.45, 7) is 3.19. The standard InChI is InChI=1S/C14H19FN2O/c1-10-8-11(5-6-13(10)15)14(18)17-7-3-4-12(9-17)16-2/h5-6,8,12,16H,3-4,7,9H2,1-2H3/t12-/m0/s1. The molecule has 2 rings (SSSR count). The third kappa shape index (κ3) is 2.70. The predicted molar refractivity (Wildman–Crippen MR) is 69.1 cm³/mol. The number of aryl methyl sites for hydroxylation is 1. The molecule has 0 saturated carbocycles. The summed E-state index contributed by atoms with van der Waals surface area (Å²) in [6.07, 6.45) is 2.11. The first-order valence-corrected chi connectivity index (χ1v) is 6.34. The molecule has 0 radical (unpaired) electrons. The van der Waals surface area contributed by atoms with Gasteiger partial charge >= 0.3 is 0 Å². The van der Waals surface area contributed by atoms with E-state index >= 15 is 0 Å². The molecule has 1 aromatic carbocycles. The van der Waals surface area contributed by atoms with Crippen LogP contribution in [-0.2, 0) is 0 Å². The van der Waals surface area contributed by atoms with Gasteiger partial charge in [0.05, 0.1) is 0 Å². The molecule has 1 N–H and O–H groups in total. The third-order valence-electron chi connectivity index (χ3n) is 3.52. The van der Waals surface area contributed by atoms with Crippen molar-refractivity contribution in [2.75, 3.05) is 20.1 Å². The molecule has 1 aliphatic heterocycles. The second-order valence-electron chi connectivity index (χ2n) is 4.84. The summed E-state index contributed by atoms with van der Waals surface area (Å²) in [6, 6.07) is 4.92. The smallest absolute Gasteiger partial charge is 0.253 e. The first kappa shape index (κ1) is 13.0. The molecular formula is C14H19FN2O. The fourth-order valence-electron chi connectivity index (χ4n) is 2.36. The van der Waals surface area contributed by atoms with E-state index in [4.69, 9.17) is 0 Å². The average Bonchev–Trinajstić information content (AvgIpc) is 2.41. The van der Waals surface area contributed by atoms with Crippen molar-refractivity contribution in [1.82, 2.24) is 10.2 Å². The number of carbonyl (C=O) groups is 1. The molecule has 0 aliphatic carbocycles. The number of hydrogen-bond acceptors (Lipinski definition) is 2. The van der Waals surface area contributed by atoms with Gasteiger partial charge in [-0.25, -0.2) is 4.39 Å². The van der Waals surface area contributed by atoms with Crippen LogP contribution < -0.4 is 5.32 Å². The normalized spacial score (nSPS) is 19.9. The van der Waals surface area contributed by atoms with Crippen LogP contribution in [0.5, 0.6) is 0 Å². The quantitative estimate of drug-likeness (QED) is 0.870. The molecule has 18 heavy (non-hydrogen) atoms. The van der Waals surface area contributed by atoms with E-state index in [1.54, 1.807) is 19.1 Å². The lowest BCUT2D eigenvalue weighted by Gasteiger charge is -2.32. The molecule has 4 heteroatoms. The maximum absolute atomic E-state index is 13.2. The Morgan fingerprint density at radius 2 is 2.28 bits per heavy atom. The van der Waals surface area contributed by atoms with E-state index in [2.05, 4.69) is 5.32 Å². The highest BCUT2D eigenvalue weighted by atomic mass is 19.1. The van der Waals surface area contributed by atoms with Crippen molar-refractivity contribution in [3.63, 3.8) is 0 Å². The molecular weight excluding hydrogens is 231 g/mol. The summed E-state index contributed by atoms with van der Waals surface area (Å²) >= 11 is 0. The molecule has 0 aromatic heterocycles. The number of likely N-dealkylation sites (tertiary alicyclic amines) is 1. The number of likely N-dealkylation sites (N-methyl/N-ethyl adjacent to an activating group) is 1. The van der Waals surface area contributed by atoms with Crippen LogP contribution >= 0.6 is 0 Å². The number of benzene rings is 1. The van der Waals surface area contributed by atoms with Crippen LogP contribution in [0.15, 0.2) is 18.2 Å². The number of nitrogens with zero attached hydrogens (tertiary/aromatic N) is 1. The summed E-state index contributed by atoms with van der Waals surface area (Å²) < 4.78 is 13.2. The van der Waals surface area contributed by atoms with Crippen LogP contribution in [0, 0.1) is 12.7 Å². The molecule has 0 unspecified atom stereocenters. The molecule has 3 nitrogen and oxygen atoms in total.